The quantitative estimate of drug-likeness (QED) is 0.381. The van der Waals surface area contributed by atoms with Crippen molar-refractivity contribution in [1.29, 1.82) is 0 Å². The second kappa shape index (κ2) is 8.03. The number of amides is 1. The molecule has 3 rings (SSSR count). The number of nitro benzene ring substituents is 1. The minimum Gasteiger partial charge on any atom is -0.286 e. The van der Waals surface area contributed by atoms with Gasteiger partial charge in [0.1, 0.15) is 4.21 Å². The number of nitrogens with zero attached hydrogens (tertiary/aromatic N) is 3. The molecule has 2 aromatic rings. The number of sulfonamides is 1. The number of likely N-dealkylation sites (N-methyl/N-ethyl adjacent to an activating group) is 1. The van der Waals surface area contributed by atoms with Crippen molar-refractivity contribution in [1.82, 2.24) is 4.90 Å². The Morgan fingerprint density at radius 2 is 2.07 bits per heavy atom. The topological polar surface area (TPSA) is 110 Å². The van der Waals surface area contributed by atoms with Crippen LogP contribution in [0.15, 0.2) is 49.9 Å². The predicted molar refractivity (Wildman–Crippen MR) is 110 cm³/mol. The van der Waals surface area contributed by atoms with E-state index in [2.05, 4.69) is 4.40 Å². The highest BCUT2D eigenvalue weighted by Crippen LogP contribution is 2.35. The molecular formula is C16H12ClN3O5S3. The molecule has 28 heavy (non-hydrogen) atoms. The fraction of sp³-hybridized carbons (Fsp3) is 0.125. The molecule has 0 bridgehead atoms. The molecule has 146 valence electrons. The van der Waals surface area contributed by atoms with Gasteiger partial charge in [-0.25, -0.2) is 0 Å². The van der Waals surface area contributed by atoms with Crippen molar-refractivity contribution >= 4 is 67.6 Å². The number of hydrogen-bond donors (Lipinski definition) is 0. The number of hydrogen-bond acceptors (Lipinski definition) is 7. The molecule has 1 aliphatic heterocycles. The van der Waals surface area contributed by atoms with Crippen molar-refractivity contribution in [3.63, 3.8) is 0 Å². The lowest BCUT2D eigenvalue weighted by Crippen LogP contribution is -2.29. The number of thioether (sulfide) groups is 1. The molecule has 12 heteroatoms. The first-order chi connectivity index (χ1) is 13.2. The molecule has 0 radical (unpaired) electrons. The summed E-state index contributed by atoms with van der Waals surface area (Å²) in [6.07, 6.45) is 1.47. The van der Waals surface area contributed by atoms with E-state index in [4.69, 9.17) is 11.6 Å². The molecule has 1 aliphatic rings. The van der Waals surface area contributed by atoms with E-state index in [-0.39, 0.29) is 26.5 Å². The first-order valence-electron chi connectivity index (χ1n) is 7.77. The standard InChI is InChI=1S/C16H12ClN3O5S3/c1-2-19-15(21)12(9-10-4-3-5-11(8-10)20(22)23)26-16(19)18-28(24,25)14-7-6-13(17)27-14/h3-9H,2H2,1H3. The van der Waals surface area contributed by atoms with Gasteiger partial charge in [-0.05, 0) is 42.5 Å². The number of non-ortho nitro benzene ring substituents is 1. The second-order valence-corrected chi connectivity index (χ2v) is 9.97. The van der Waals surface area contributed by atoms with E-state index < -0.39 is 20.9 Å². The molecule has 8 nitrogen and oxygen atoms in total. The molecule has 1 amide bonds. The van der Waals surface area contributed by atoms with Crippen molar-refractivity contribution < 1.29 is 18.1 Å². The highest BCUT2D eigenvalue weighted by Gasteiger charge is 2.34. The molecule has 0 aliphatic carbocycles. The van der Waals surface area contributed by atoms with Gasteiger partial charge in [0.2, 0.25) is 0 Å². The van der Waals surface area contributed by atoms with Crippen LogP contribution >= 0.6 is 34.7 Å². The Balaban J connectivity index is 1.97. The number of thiophene rings is 1. The third kappa shape index (κ3) is 4.27. The predicted octanol–water partition coefficient (Wildman–Crippen LogP) is 3.99. The van der Waals surface area contributed by atoms with E-state index in [0.717, 1.165) is 23.1 Å². The maximum Gasteiger partial charge on any atom is 0.294 e. The van der Waals surface area contributed by atoms with Gasteiger partial charge in [0.05, 0.1) is 14.2 Å². The number of halogens is 1. The zero-order valence-electron chi connectivity index (χ0n) is 14.2. The lowest BCUT2D eigenvalue weighted by molar-refractivity contribution is -0.384. The Kier molecular flexibility index (Phi) is 5.89. The van der Waals surface area contributed by atoms with Gasteiger partial charge >= 0.3 is 0 Å². The van der Waals surface area contributed by atoms with Gasteiger partial charge in [-0.2, -0.15) is 8.42 Å². The molecule has 0 N–H and O–H groups in total. The van der Waals surface area contributed by atoms with Gasteiger partial charge in [0.15, 0.2) is 5.17 Å². The Morgan fingerprint density at radius 1 is 1.32 bits per heavy atom. The minimum absolute atomic E-state index is 0.0219. The molecule has 1 aromatic heterocycles. The smallest absolute Gasteiger partial charge is 0.286 e. The van der Waals surface area contributed by atoms with Crippen LogP contribution in [-0.2, 0) is 14.8 Å². The van der Waals surface area contributed by atoms with Crippen LogP contribution < -0.4 is 0 Å². The summed E-state index contributed by atoms with van der Waals surface area (Å²) in [6.45, 7) is 1.91. The van der Waals surface area contributed by atoms with E-state index in [1.165, 1.54) is 41.3 Å². The molecule has 2 heterocycles. The van der Waals surface area contributed by atoms with Crippen LogP contribution in [0.1, 0.15) is 12.5 Å². The Labute approximate surface area is 173 Å². The van der Waals surface area contributed by atoms with Crippen molar-refractivity contribution in [3.05, 3.63) is 61.3 Å². The summed E-state index contributed by atoms with van der Waals surface area (Å²) in [4.78, 5) is 24.4. The zero-order valence-corrected chi connectivity index (χ0v) is 17.4. The van der Waals surface area contributed by atoms with Crippen molar-refractivity contribution in [2.24, 2.45) is 4.40 Å². The molecule has 1 fully saturated rings. The van der Waals surface area contributed by atoms with Crippen molar-refractivity contribution in [2.75, 3.05) is 6.54 Å². The van der Waals surface area contributed by atoms with E-state index in [0.29, 0.717) is 9.90 Å². The van der Waals surface area contributed by atoms with Crippen LogP contribution in [0.3, 0.4) is 0 Å². The number of amidine groups is 1. The molecule has 0 atom stereocenters. The van der Waals surface area contributed by atoms with Gasteiger partial charge in [-0.1, -0.05) is 23.7 Å². The SMILES string of the molecule is CCN1C(=O)C(=Cc2cccc([N+](=O)[O-])c2)SC1=NS(=O)(=O)c1ccc(Cl)s1. The van der Waals surface area contributed by atoms with Gasteiger partial charge in [-0.15, -0.1) is 15.7 Å². The lowest BCUT2D eigenvalue weighted by Gasteiger charge is -2.11. The van der Waals surface area contributed by atoms with Gasteiger partial charge in [0.25, 0.3) is 21.6 Å². The summed E-state index contributed by atoms with van der Waals surface area (Å²) in [5.41, 5.74) is 0.346. The number of nitro groups is 1. The summed E-state index contributed by atoms with van der Waals surface area (Å²) in [7, 11) is -4.01. The lowest BCUT2D eigenvalue weighted by atomic mass is 10.2. The monoisotopic (exact) mass is 457 g/mol. The number of rotatable bonds is 5. The van der Waals surface area contributed by atoms with Gasteiger partial charge in [-0.3, -0.25) is 19.8 Å². The summed E-state index contributed by atoms with van der Waals surface area (Å²) < 4.78 is 29.0. The maximum absolute atomic E-state index is 12.6. The number of carbonyl (C=O) groups excluding carboxylic acids is 1. The molecular weight excluding hydrogens is 446 g/mol. The first-order valence-corrected chi connectivity index (χ1v) is 11.2. The van der Waals surface area contributed by atoms with Crippen LogP contribution in [0.4, 0.5) is 5.69 Å². The fourth-order valence-electron chi connectivity index (χ4n) is 2.32. The molecule has 0 unspecified atom stereocenters. The van der Waals surface area contributed by atoms with Crippen molar-refractivity contribution in [3.8, 4) is 0 Å². The Hall–Kier alpha value is -2.21. The minimum atomic E-state index is -4.01. The van der Waals surface area contributed by atoms with Gasteiger partial charge < -0.3 is 0 Å². The zero-order chi connectivity index (χ0) is 20.5. The average Bonchev–Trinajstić information content (AvgIpc) is 3.19. The molecule has 1 aromatic carbocycles. The van der Waals surface area contributed by atoms with Gasteiger partial charge in [0, 0.05) is 18.7 Å². The molecule has 1 saturated heterocycles. The van der Waals surface area contributed by atoms with E-state index >= 15 is 0 Å². The molecule has 0 spiro atoms. The second-order valence-electron chi connectivity index (χ2n) is 5.42. The van der Waals surface area contributed by atoms with Crippen molar-refractivity contribution in [2.45, 2.75) is 11.1 Å². The largest absolute Gasteiger partial charge is 0.294 e. The summed E-state index contributed by atoms with van der Waals surface area (Å²) in [6, 6.07) is 8.60. The molecule has 0 saturated carbocycles. The third-order valence-corrected chi connectivity index (χ3v) is 7.67. The first kappa shape index (κ1) is 20.5. The van der Waals surface area contributed by atoms with Crippen LogP contribution in [0, 0.1) is 10.1 Å². The Bertz CT molecular complexity index is 1120. The highest BCUT2D eigenvalue weighted by molar-refractivity contribution is 8.19. The van der Waals surface area contributed by atoms with Crippen LogP contribution in [0.5, 0.6) is 0 Å². The average molecular weight is 458 g/mol. The van der Waals surface area contributed by atoms with E-state index in [1.54, 1.807) is 13.0 Å². The van der Waals surface area contributed by atoms with E-state index in [9.17, 15) is 23.3 Å². The highest BCUT2D eigenvalue weighted by atomic mass is 35.5. The summed E-state index contributed by atoms with van der Waals surface area (Å²) >= 11 is 7.56. The normalized spacial score (nSPS) is 17.6. The van der Waals surface area contributed by atoms with Crippen LogP contribution in [-0.4, -0.2) is 35.9 Å². The van der Waals surface area contributed by atoms with E-state index in [1.807, 2.05) is 0 Å². The fourth-order valence-corrected chi connectivity index (χ4v) is 6.02. The van der Waals surface area contributed by atoms with Crippen LogP contribution in [0.25, 0.3) is 6.08 Å². The summed E-state index contributed by atoms with van der Waals surface area (Å²) in [5, 5.41) is 10.9. The third-order valence-electron chi connectivity index (χ3n) is 3.58. The Morgan fingerprint density at radius 3 is 2.68 bits per heavy atom. The maximum atomic E-state index is 12.6. The number of benzene rings is 1. The van der Waals surface area contributed by atoms with Crippen LogP contribution in [0.2, 0.25) is 4.34 Å². The summed E-state index contributed by atoms with van der Waals surface area (Å²) in [5.74, 6) is -0.419. The number of carbonyl (C=O) groups is 1.